The molecule has 2 N–H and O–H groups in total. The number of aliphatic carboxylic acids is 1. The van der Waals surface area contributed by atoms with Crippen LogP contribution in [0.1, 0.15) is 46.8 Å². The molecule has 0 spiro atoms. The van der Waals surface area contributed by atoms with Gasteiger partial charge in [-0.05, 0) is 78.1 Å². The molecule has 7 nitrogen and oxygen atoms in total. The van der Waals surface area contributed by atoms with Crippen LogP contribution in [0.25, 0.3) is 11.1 Å². The van der Waals surface area contributed by atoms with Crippen LogP contribution in [0.4, 0.5) is 0 Å². The fraction of sp³-hybridized carbons (Fsp3) is 0.355. The van der Waals surface area contributed by atoms with Crippen molar-refractivity contribution < 1.29 is 23.1 Å². The SMILES string of the molecule is CCCS(=O)(=O)N(CCc1ccccc1)Cc1ccc(C(=O)N[C@@H](CCSC)C(=O)O)c(-c2ccccc2C)c1. The van der Waals surface area contributed by atoms with Gasteiger partial charge < -0.3 is 10.4 Å². The first kappa shape index (κ1) is 31.4. The smallest absolute Gasteiger partial charge is 0.326 e. The number of rotatable bonds is 15. The number of nitrogens with zero attached hydrogens (tertiary/aromatic N) is 1. The number of benzene rings is 3. The molecule has 0 aliphatic heterocycles. The summed E-state index contributed by atoms with van der Waals surface area (Å²) in [7, 11) is -3.50. The van der Waals surface area contributed by atoms with Gasteiger partial charge in [-0.2, -0.15) is 16.1 Å². The predicted octanol–water partition coefficient (Wildman–Crippen LogP) is 5.38. The summed E-state index contributed by atoms with van der Waals surface area (Å²) >= 11 is 1.52. The van der Waals surface area contributed by atoms with Gasteiger partial charge in [0.25, 0.3) is 5.91 Å². The highest BCUT2D eigenvalue weighted by atomic mass is 32.2. The summed E-state index contributed by atoms with van der Waals surface area (Å²) in [5, 5.41) is 12.3. The van der Waals surface area contributed by atoms with Gasteiger partial charge in [-0.25, -0.2) is 13.2 Å². The average molecular weight is 583 g/mol. The second-order valence-electron chi connectivity index (χ2n) is 9.73. The third-order valence-corrected chi connectivity index (χ3v) is 9.35. The summed E-state index contributed by atoms with van der Waals surface area (Å²) in [5.41, 5.74) is 4.57. The first-order chi connectivity index (χ1) is 19.2. The highest BCUT2D eigenvalue weighted by Crippen LogP contribution is 2.29. The van der Waals surface area contributed by atoms with Gasteiger partial charge in [-0.3, -0.25) is 4.79 Å². The summed E-state index contributed by atoms with van der Waals surface area (Å²) in [6.07, 6.45) is 3.30. The topological polar surface area (TPSA) is 104 Å². The zero-order valence-corrected chi connectivity index (χ0v) is 24.9. The molecule has 0 saturated heterocycles. The van der Waals surface area contributed by atoms with Crippen molar-refractivity contribution in [1.29, 1.82) is 0 Å². The Balaban J connectivity index is 1.98. The molecule has 0 aromatic heterocycles. The van der Waals surface area contributed by atoms with Crippen molar-refractivity contribution >= 4 is 33.7 Å². The number of hydrogen-bond acceptors (Lipinski definition) is 5. The number of hydrogen-bond donors (Lipinski definition) is 2. The lowest BCUT2D eigenvalue weighted by atomic mass is 9.93. The van der Waals surface area contributed by atoms with Gasteiger partial charge in [0.2, 0.25) is 10.0 Å². The number of carbonyl (C=O) groups excluding carboxylic acids is 1. The van der Waals surface area contributed by atoms with Crippen LogP contribution in [-0.2, 0) is 27.8 Å². The van der Waals surface area contributed by atoms with Crippen molar-refractivity contribution in [3.05, 3.63) is 95.1 Å². The van der Waals surface area contributed by atoms with Gasteiger partial charge >= 0.3 is 5.97 Å². The van der Waals surface area contributed by atoms with E-state index in [1.54, 1.807) is 12.1 Å². The van der Waals surface area contributed by atoms with Crippen LogP contribution in [0.15, 0.2) is 72.8 Å². The fourth-order valence-electron chi connectivity index (χ4n) is 4.52. The van der Waals surface area contributed by atoms with Crippen LogP contribution < -0.4 is 5.32 Å². The molecule has 0 aliphatic carbocycles. The van der Waals surface area contributed by atoms with Crippen molar-refractivity contribution in [2.24, 2.45) is 0 Å². The van der Waals surface area contributed by atoms with E-state index in [1.165, 1.54) is 16.1 Å². The zero-order valence-electron chi connectivity index (χ0n) is 23.3. The number of amides is 1. The summed E-state index contributed by atoms with van der Waals surface area (Å²) in [6, 6.07) is 21.7. The molecule has 0 unspecified atom stereocenters. The molecule has 1 amide bonds. The Kier molecular flexibility index (Phi) is 11.8. The van der Waals surface area contributed by atoms with Crippen LogP contribution in [0.5, 0.6) is 0 Å². The lowest BCUT2D eigenvalue weighted by Crippen LogP contribution is -2.41. The molecule has 1 atom stereocenters. The maximum Gasteiger partial charge on any atom is 0.326 e. The second-order valence-corrected chi connectivity index (χ2v) is 12.8. The standard InChI is InChI=1S/C31H38N2O5S2/c1-4-20-40(37,38)33(18-16-24-11-6-5-7-12-24)22-25-14-15-27(28(21-25)26-13-9-8-10-23(26)2)30(34)32-29(31(35)36)17-19-39-3/h5-15,21,29H,4,16-20,22H2,1-3H3,(H,32,34)(H,35,36)/t29-/m0/s1. The zero-order chi connectivity index (χ0) is 29.1. The quantitative estimate of drug-likeness (QED) is 0.249. The van der Waals surface area contributed by atoms with E-state index in [-0.39, 0.29) is 12.3 Å². The highest BCUT2D eigenvalue weighted by molar-refractivity contribution is 7.98. The minimum Gasteiger partial charge on any atom is -0.480 e. The van der Waals surface area contributed by atoms with Gasteiger partial charge in [0.15, 0.2) is 0 Å². The van der Waals surface area contributed by atoms with E-state index in [4.69, 9.17) is 0 Å². The van der Waals surface area contributed by atoms with Crippen LogP contribution in [-0.4, -0.2) is 60.1 Å². The van der Waals surface area contributed by atoms with Crippen molar-refractivity contribution in [3.63, 3.8) is 0 Å². The molecular weight excluding hydrogens is 544 g/mol. The summed E-state index contributed by atoms with van der Waals surface area (Å²) in [5.74, 6) is -0.893. The van der Waals surface area contributed by atoms with Crippen LogP contribution >= 0.6 is 11.8 Å². The number of aryl methyl sites for hydroxylation is 1. The van der Waals surface area contributed by atoms with E-state index in [9.17, 15) is 23.1 Å². The van der Waals surface area contributed by atoms with Gasteiger partial charge in [-0.1, -0.05) is 67.6 Å². The van der Waals surface area contributed by atoms with Crippen molar-refractivity contribution in [3.8, 4) is 11.1 Å². The van der Waals surface area contributed by atoms with Crippen molar-refractivity contribution in [1.82, 2.24) is 9.62 Å². The molecule has 0 heterocycles. The van der Waals surface area contributed by atoms with Crippen molar-refractivity contribution in [2.75, 3.05) is 24.3 Å². The highest BCUT2D eigenvalue weighted by Gasteiger charge is 2.25. The molecule has 214 valence electrons. The average Bonchev–Trinajstić information content (AvgIpc) is 2.93. The van der Waals surface area contributed by atoms with E-state index in [0.29, 0.717) is 42.7 Å². The number of carboxylic acids is 1. The number of nitrogens with one attached hydrogen (secondary N) is 1. The molecule has 0 saturated carbocycles. The monoisotopic (exact) mass is 582 g/mol. The lowest BCUT2D eigenvalue weighted by molar-refractivity contribution is -0.139. The first-order valence-corrected chi connectivity index (χ1v) is 16.4. The predicted molar refractivity (Wildman–Crippen MR) is 163 cm³/mol. The molecule has 9 heteroatoms. The normalized spacial score (nSPS) is 12.3. The third kappa shape index (κ3) is 8.68. The first-order valence-electron chi connectivity index (χ1n) is 13.4. The Hall–Kier alpha value is -3.14. The Morgan fingerprint density at radius 2 is 1.68 bits per heavy atom. The van der Waals surface area contributed by atoms with Crippen LogP contribution in [0, 0.1) is 6.92 Å². The third-order valence-electron chi connectivity index (χ3n) is 6.69. The molecule has 40 heavy (non-hydrogen) atoms. The number of thioether (sulfide) groups is 1. The molecule has 0 radical (unpaired) electrons. The molecule has 3 aromatic carbocycles. The maximum atomic E-state index is 13.4. The van der Waals surface area contributed by atoms with E-state index in [0.717, 1.165) is 22.3 Å². The molecule has 0 fully saturated rings. The van der Waals surface area contributed by atoms with Gasteiger partial charge in [0.1, 0.15) is 6.04 Å². The summed E-state index contributed by atoms with van der Waals surface area (Å²) in [6.45, 7) is 4.30. The molecular formula is C31H38N2O5S2. The minimum absolute atomic E-state index is 0.0551. The van der Waals surface area contributed by atoms with Gasteiger partial charge in [0, 0.05) is 18.7 Å². The fourth-order valence-corrected chi connectivity index (χ4v) is 6.48. The Labute approximate surface area is 242 Å². The van der Waals surface area contributed by atoms with Gasteiger partial charge in [0.05, 0.1) is 5.75 Å². The van der Waals surface area contributed by atoms with E-state index >= 15 is 0 Å². The Morgan fingerprint density at radius 3 is 2.33 bits per heavy atom. The molecule has 0 bridgehead atoms. The maximum absolute atomic E-state index is 13.4. The number of carboxylic acid groups (broad SMARTS) is 1. The summed E-state index contributed by atoms with van der Waals surface area (Å²) in [4.78, 5) is 25.2. The van der Waals surface area contributed by atoms with E-state index in [2.05, 4.69) is 5.32 Å². The van der Waals surface area contributed by atoms with Crippen LogP contribution in [0.3, 0.4) is 0 Å². The largest absolute Gasteiger partial charge is 0.480 e. The van der Waals surface area contributed by atoms with Gasteiger partial charge in [-0.15, -0.1) is 0 Å². The second kappa shape index (κ2) is 15.0. The van der Waals surface area contributed by atoms with E-state index < -0.39 is 27.9 Å². The van der Waals surface area contributed by atoms with Crippen molar-refractivity contribution in [2.45, 2.75) is 45.7 Å². The number of sulfonamides is 1. The minimum atomic E-state index is -3.50. The Morgan fingerprint density at radius 1 is 0.975 bits per heavy atom. The molecule has 3 rings (SSSR count). The lowest BCUT2D eigenvalue weighted by Gasteiger charge is -2.23. The molecule has 0 aliphatic rings. The van der Waals surface area contributed by atoms with E-state index in [1.807, 2.05) is 80.8 Å². The molecule has 3 aromatic rings. The van der Waals surface area contributed by atoms with Crippen LogP contribution in [0.2, 0.25) is 0 Å². The Bertz CT molecular complexity index is 1390. The summed E-state index contributed by atoms with van der Waals surface area (Å²) < 4.78 is 27.9. The number of carbonyl (C=O) groups is 2.